The minimum atomic E-state index is -0.958. The fraction of sp³-hybridized carbons (Fsp3) is 0.176. The van der Waals surface area contributed by atoms with E-state index in [0.29, 0.717) is 39.7 Å². The molecule has 0 amide bonds. The number of ether oxygens (including phenoxy) is 3. The zero-order chi connectivity index (χ0) is 18.0. The molecule has 3 aromatic rings. The van der Waals surface area contributed by atoms with Crippen molar-refractivity contribution >= 4 is 22.4 Å². The van der Waals surface area contributed by atoms with Gasteiger partial charge in [0, 0.05) is 11.8 Å². The molecular weight excluding hydrogens is 332 g/mol. The fourth-order valence-electron chi connectivity index (χ4n) is 2.47. The van der Waals surface area contributed by atoms with Crippen molar-refractivity contribution in [2.45, 2.75) is 0 Å². The second-order valence-electron chi connectivity index (χ2n) is 5.02. The summed E-state index contributed by atoms with van der Waals surface area (Å²) in [5, 5.41) is 3.52. The van der Waals surface area contributed by atoms with E-state index in [1.807, 2.05) is 0 Å². The molecule has 0 saturated heterocycles. The largest absolute Gasteiger partial charge is 0.493 e. The molecule has 0 aliphatic carbocycles. The van der Waals surface area contributed by atoms with Gasteiger partial charge in [-0.3, -0.25) is 0 Å². The van der Waals surface area contributed by atoms with Crippen LogP contribution in [-0.2, 0) is 0 Å². The van der Waals surface area contributed by atoms with Gasteiger partial charge in [0.15, 0.2) is 23.1 Å². The van der Waals surface area contributed by atoms with Crippen LogP contribution in [0.15, 0.2) is 30.6 Å². The second-order valence-corrected chi connectivity index (χ2v) is 5.02. The van der Waals surface area contributed by atoms with E-state index >= 15 is 0 Å². The molecule has 0 saturated carbocycles. The van der Waals surface area contributed by atoms with Crippen LogP contribution in [0.1, 0.15) is 0 Å². The SMILES string of the molecule is COc1cc2c(Nc3ccc(F)c(F)c3)ncnc2c(OC)c1OC. The minimum absolute atomic E-state index is 0.340. The van der Waals surface area contributed by atoms with E-state index in [-0.39, 0.29) is 0 Å². The maximum atomic E-state index is 13.4. The Morgan fingerprint density at radius 2 is 1.64 bits per heavy atom. The van der Waals surface area contributed by atoms with E-state index < -0.39 is 11.6 Å². The van der Waals surface area contributed by atoms with Gasteiger partial charge in [0.25, 0.3) is 0 Å². The predicted octanol–water partition coefficient (Wildman–Crippen LogP) is 3.68. The number of nitrogens with one attached hydrogen (secondary N) is 1. The van der Waals surface area contributed by atoms with Gasteiger partial charge in [-0.1, -0.05) is 0 Å². The molecule has 1 heterocycles. The zero-order valence-electron chi connectivity index (χ0n) is 13.8. The number of rotatable bonds is 5. The third-order valence-electron chi connectivity index (χ3n) is 3.61. The number of anilines is 2. The van der Waals surface area contributed by atoms with E-state index in [0.717, 1.165) is 12.1 Å². The number of hydrogen-bond acceptors (Lipinski definition) is 6. The molecule has 1 aromatic heterocycles. The standard InChI is InChI=1S/C17H15F2N3O3/c1-23-13-7-10-14(16(25-3)15(13)24-2)20-8-21-17(10)22-9-4-5-11(18)12(19)6-9/h4-8H,1-3H3,(H,20,21,22). The molecule has 0 radical (unpaired) electrons. The number of methoxy groups -OCH3 is 3. The molecule has 130 valence electrons. The van der Waals surface area contributed by atoms with Gasteiger partial charge in [-0.2, -0.15) is 0 Å². The lowest BCUT2D eigenvalue weighted by Gasteiger charge is -2.16. The van der Waals surface area contributed by atoms with Crippen molar-refractivity contribution in [3.05, 3.63) is 42.2 Å². The Balaban J connectivity index is 2.17. The van der Waals surface area contributed by atoms with Gasteiger partial charge in [0.1, 0.15) is 17.7 Å². The van der Waals surface area contributed by atoms with Gasteiger partial charge in [-0.15, -0.1) is 0 Å². The third kappa shape index (κ3) is 2.98. The summed E-state index contributed by atoms with van der Waals surface area (Å²) in [6.07, 6.45) is 1.33. The van der Waals surface area contributed by atoms with E-state index in [1.54, 1.807) is 6.07 Å². The van der Waals surface area contributed by atoms with Gasteiger partial charge in [-0.25, -0.2) is 18.7 Å². The fourth-order valence-corrected chi connectivity index (χ4v) is 2.47. The number of benzene rings is 2. The summed E-state index contributed by atoms with van der Waals surface area (Å²) in [6.45, 7) is 0. The Morgan fingerprint density at radius 3 is 2.28 bits per heavy atom. The van der Waals surface area contributed by atoms with Crippen molar-refractivity contribution in [2.75, 3.05) is 26.6 Å². The molecule has 2 aromatic carbocycles. The zero-order valence-corrected chi connectivity index (χ0v) is 13.8. The molecule has 6 nitrogen and oxygen atoms in total. The number of halogens is 2. The number of hydrogen-bond donors (Lipinski definition) is 1. The van der Waals surface area contributed by atoms with E-state index in [9.17, 15) is 8.78 Å². The monoisotopic (exact) mass is 347 g/mol. The molecule has 0 spiro atoms. The molecule has 8 heteroatoms. The summed E-state index contributed by atoms with van der Waals surface area (Å²) in [5.41, 5.74) is 0.827. The second kappa shape index (κ2) is 6.76. The minimum Gasteiger partial charge on any atom is -0.493 e. The molecule has 25 heavy (non-hydrogen) atoms. The normalized spacial score (nSPS) is 10.6. The van der Waals surface area contributed by atoms with Gasteiger partial charge in [0.2, 0.25) is 5.75 Å². The molecule has 3 rings (SSSR count). The Kier molecular flexibility index (Phi) is 4.51. The highest BCUT2D eigenvalue weighted by atomic mass is 19.2. The summed E-state index contributed by atoms with van der Waals surface area (Å²) in [4.78, 5) is 8.39. The summed E-state index contributed by atoms with van der Waals surface area (Å²) in [5.74, 6) is -0.292. The van der Waals surface area contributed by atoms with E-state index in [4.69, 9.17) is 14.2 Å². The van der Waals surface area contributed by atoms with Crippen LogP contribution in [0.4, 0.5) is 20.3 Å². The predicted molar refractivity (Wildman–Crippen MR) is 88.8 cm³/mol. The van der Waals surface area contributed by atoms with Crippen molar-refractivity contribution in [3.63, 3.8) is 0 Å². The van der Waals surface area contributed by atoms with Gasteiger partial charge < -0.3 is 19.5 Å². The van der Waals surface area contributed by atoms with Crippen molar-refractivity contribution in [1.82, 2.24) is 9.97 Å². The average Bonchev–Trinajstić information content (AvgIpc) is 2.63. The topological polar surface area (TPSA) is 65.5 Å². The quantitative estimate of drug-likeness (QED) is 0.760. The van der Waals surface area contributed by atoms with Crippen molar-refractivity contribution < 1.29 is 23.0 Å². The van der Waals surface area contributed by atoms with Crippen LogP contribution in [0.2, 0.25) is 0 Å². The Bertz CT molecular complexity index is 935. The van der Waals surface area contributed by atoms with Gasteiger partial charge in [0.05, 0.1) is 26.7 Å². The van der Waals surface area contributed by atoms with E-state index in [2.05, 4.69) is 15.3 Å². The lowest BCUT2D eigenvalue weighted by molar-refractivity contribution is 0.327. The number of aromatic nitrogens is 2. The molecule has 0 atom stereocenters. The van der Waals surface area contributed by atoms with E-state index in [1.165, 1.54) is 33.7 Å². The Labute approximate surface area is 142 Å². The molecular formula is C17H15F2N3O3. The van der Waals surface area contributed by atoms with Crippen molar-refractivity contribution in [1.29, 1.82) is 0 Å². The molecule has 0 bridgehead atoms. The molecule has 0 unspecified atom stereocenters. The smallest absolute Gasteiger partial charge is 0.205 e. The Morgan fingerprint density at radius 1 is 0.880 bits per heavy atom. The Hall–Kier alpha value is -3.16. The first-order chi connectivity index (χ1) is 12.1. The maximum absolute atomic E-state index is 13.4. The molecule has 0 aliphatic heterocycles. The molecule has 0 aliphatic rings. The first kappa shape index (κ1) is 16.7. The average molecular weight is 347 g/mol. The van der Waals surface area contributed by atoms with Crippen molar-refractivity contribution in [2.24, 2.45) is 0 Å². The lowest BCUT2D eigenvalue weighted by Crippen LogP contribution is -2.01. The van der Waals surface area contributed by atoms with Gasteiger partial charge >= 0.3 is 0 Å². The molecule has 0 fully saturated rings. The highest BCUT2D eigenvalue weighted by Gasteiger charge is 2.19. The maximum Gasteiger partial charge on any atom is 0.205 e. The van der Waals surface area contributed by atoms with Crippen LogP contribution in [0.3, 0.4) is 0 Å². The molecule has 1 N–H and O–H groups in total. The van der Waals surface area contributed by atoms with Gasteiger partial charge in [-0.05, 0) is 18.2 Å². The highest BCUT2D eigenvalue weighted by Crippen LogP contribution is 2.44. The highest BCUT2D eigenvalue weighted by molar-refractivity contribution is 5.97. The van der Waals surface area contributed by atoms with Crippen LogP contribution in [0.5, 0.6) is 17.2 Å². The van der Waals surface area contributed by atoms with Crippen LogP contribution in [-0.4, -0.2) is 31.3 Å². The van der Waals surface area contributed by atoms with Crippen LogP contribution in [0.25, 0.3) is 10.9 Å². The van der Waals surface area contributed by atoms with Crippen LogP contribution >= 0.6 is 0 Å². The summed E-state index contributed by atoms with van der Waals surface area (Å²) in [6, 6.07) is 5.16. The first-order valence-corrected chi connectivity index (χ1v) is 7.24. The van der Waals surface area contributed by atoms with Crippen LogP contribution in [0, 0.1) is 11.6 Å². The first-order valence-electron chi connectivity index (χ1n) is 7.24. The lowest BCUT2D eigenvalue weighted by atomic mass is 10.1. The summed E-state index contributed by atoms with van der Waals surface area (Å²) >= 11 is 0. The third-order valence-corrected chi connectivity index (χ3v) is 3.61. The van der Waals surface area contributed by atoms with Crippen LogP contribution < -0.4 is 19.5 Å². The summed E-state index contributed by atoms with van der Waals surface area (Å²) < 4.78 is 42.6. The number of fused-ring (bicyclic) bond motifs is 1. The summed E-state index contributed by atoms with van der Waals surface area (Å²) in [7, 11) is 4.48. The van der Waals surface area contributed by atoms with Crippen molar-refractivity contribution in [3.8, 4) is 17.2 Å². The number of nitrogens with zero attached hydrogens (tertiary/aromatic N) is 2.